The number of rotatable bonds is 6. The third-order valence-electron chi connectivity index (χ3n) is 5.45. The number of furan rings is 1. The summed E-state index contributed by atoms with van der Waals surface area (Å²) in [5.74, 6) is 0.596. The molecule has 0 aliphatic carbocycles. The largest absolute Gasteiger partial charge is 0.484 e. The summed E-state index contributed by atoms with van der Waals surface area (Å²) >= 11 is 5.96. The Morgan fingerprint density at radius 2 is 1.87 bits per heavy atom. The van der Waals surface area contributed by atoms with Gasteiger partial charge in [-0.15, -0.1) is 0 Å². The Morgan fingerprint density at radius 1 is 1.10 bits per heavy atom. The summed E-state index contributed by atoms with van der Waals surface area (Å²) in [6, 6.07) is 15.7. The van der Waals surface area contributed by atoms with E-state index in [0.717, 1.165) is 19.6 Å². The first-order valence-electron chi connectivity index (χ1n) is 10.2. The molecule has 1 saturated heterocycles. The SMILES string of the molecule is Cc1ccccc1CN1CCN(C(=O)c2ccc(COc3ccc(F)cc3Cl)o2)CC1. The minimum absolute atomic E-state index is 0.100. The van der Waals surface area contributed by atoms with Crippen LogP contribution in [0.3, 0.4) is 0 Å². The number of carbonyl (C=O) groups excluding carboxylic acids is 1. The fourth-order valence-corrected chi connectivity index (χ4v) is 3.83. The zero-order valence-corrected chi connectivity index (χ0v) is 18.1. The van der Waals surface area contributed by atoms with E-state index in [0.29, 0.717) is 24.6 Å². The van der Waals surface area contributed by atoms with Gasteiger partial charge in [-0.2, -0.15) is 0 Å². The van der Waals surface area contributed by atoms with Gasteiger partial charge in [0.1, 0.15) is 23.9 Å². The van der Waals surface area contributed by atoms with Gasteiger partial charge in [-0.1, -0.05) is 35.9 Å². The molecule has 31 heavy (non-hydrogen) atoms. The molecule has 0 atom stereocenters. The lowest BCUT2D eigenvalue weighted by Gasteiger charge is -2.34. The maximum absolute atomic E-state index is 13.1. The topological polar surface area (TPSA) is 45.9 Å². The standard InChI is InChI=1S/C24H24ClFN2O3/c1-17-4-2-3-5-18(17)15-27-10-12-28(13-11-27)24(29)23-9-7-20(31-23)16-30-22-8-6-19(26)14-21(22)25/h2-9,14H,10-13,15-16H2,1H3. The molecule has 0 bridgehead atoms. The van der Waals surface area contributed by atoms with Crippen molar-refractivity contribution in [1.29, 1.82) is 0 Å². The summed E-state index contributed by atoms with van der Waals surface area (Å²) < 4.78 is 24.4. The Kier molecular flexibility index (Phi) is 6.59. The molecule has 1 aromatic heterocycles. The Bertz CT molecular complexity index is 1060. The van der Waals surface area contributed by atoms with Crippen LogP contribution in [0.4, 0.5) is 4.39 Å². The van der Waals surface area contributed by atoms with E-state index in [2.05, 4.69) is 30.0 Å². The predicted octanol–water partition coefficient (Wildman–Crippen LogP) is 4.92. The second-order valence-corrected chi connectivity index (χ2v) is 8.03. The van der Waals surface area contributed by atoms with Crippen molar-refractivity contribution >= 4 is 17.5 Å². The van der Waals surface area contributed by atoms with Crippen LogP contribution in [-0.4, -0.2) is 41.9 Å². The van der Waals surface area contributed by atoms with Crippen molar-refractivity contribution < 1.29 is 18.3 Å². The number of ether oxygens (including phenoxy) is 1. The Labute approximate surface area is 186 Å². The van der Waals surface area contributed by atoms with Crippen LogP contribution in [0.25, 0.3) is 0 Å². The zero-order valence-electron chi connectivity index (χ0n) is 17.3. The number of halogens is 2. The second-order valence-electron chi connectivity index (χ2n) is 7.62. The number of amides is 1. The molecule has 7 heteroatoms. The molecule has 2 aromatic carbocycles. The Morgan fingerprint density at radius 3 is 2.61 bits per heavy atom. The van der Waals surface area contributed by atoms with Gasteiger partial charge in [0, 0.05) is 32.7 Å². The number of hydrogen-bond acceptors (Lipinski definition) is 4. The molecular formula is C24H24ClFN2O3. The van der Waals surface area contributed by atoms with E-state index in [-0.39, 0.29) is 23.3 Å². The van der Waals surface area contributed by atoms with Gasteiger partial charge in [0.2, 0.25) is 0 Å². The van der Waals surface area contributed by atoms with E-state index in [9.17, 15) is 9.18 Å². The fraction of sp³-hybridized carbons (Fsp3) is 0.292. The minimum atomic E-state index is -0.428. The van der Waals surface area contributed by atoms with Gasteiger partial charge in [-0.25, -0.2) is 4.39 Å². The molecule has 5 nitrogen and oxygen atoms in total. The van der Waals surface area contributed by atoms with Crippen molar-refractivity contribution in [3.8, 4) is 5.75 Å². The number of carbonyl (C=O) groups is 1. The van der Waals surface area contributed by atoms with Crippen molar-refractivity contribution in [2.75, 3.05) is 26.2 Å². The molecule has 0 N–H and O–H groups in total. The first-order valence-corrected chi connectivity index (χ1v) is 10.6. The highest BCUT2D eigenvalue weighted by molar-refractivity contribution is 6.32. The lowest BCUT2D eigenvalue weighted by molar-refractivity contribution is 0.0594. The van der Waals surface area contributed by atoms with Gasteiger partial charge in [0.05, 0.1) is 5.02 Å². The maximum atomic E-state index is 13.1. The summed E-state index contributed by atoms with van der Waals surface area (Å²) in [6.45, 7) is 6.06. The molecule has 1 fully saturated rings. The molecule has 4 rings (SSSR count). The average molecular weight is 443 g/mol. The summed E-state index contributed by atoms with van der Waals surface area (Å²) in [4.78, 5) is 17.0. The minimum Gasteiger partial charge on any atom is -0.484 e. The van der Waals surface area contributed by atoms with Gasteiger partial charge >= 0.3 is 0 Å². The molecule has 3 aromatic rings. The Balaban J connectivity index is 1.29. The van der Waals surface area contributed by atoms with Crippen LogP contribution in [0.1, 0.15) is 27.4 Å². The normalized spacial score (nSPS) is 14.6. The van der Waals surface area contributed by atoms with Crippen molar-refractivity contribution in [3.05, 3.63) is 88.1 Å². The lowest BCUT2D eigenvalue weighted by atomic mass is 10.1. The van der Waals surface area contributed by atoms with E-state index >= 15 is 0 Å². The maximum Gasteiger partial charge on any atom is 0.289 e. The van der Waals surface area contributed by atoms with Crippen LogP contribution in [-0.2, 0) is 13.2 Å². The van der Waals surface area contributed by atoms with Crippen LogP contribution in [0, 0.1) is 12.7 Å². The van der Waals surface area contributed by atoms with Crippen molar-refractivity contribution in [2.45, 2.75) is 20.1 Å². The number of aryl methyl sites for hydroxylation is 1. The molecule has 1 aliphatic heterocycles. The molecule has 1 aliphatic rings. The first kappa shape index (κ1) is 21.4. The molecule has 2 heterocycles. The van der Waals surface area contributed by atoms with Gasteiger partial charge in [0.15, 0.2) is 5.76 Å². The number of piperazine rings is 1. The number of benzene rings is 2. The average Bonchev–Trinajstić information content (AvgIpc) is 3.24. The predicted molar refractivity (Wildman–Crippen MR) is 117 cm³/mol. The van der Waals surface area contributed by atoms with Crippen LogP contribution < -0.4 is 4.74 Å². The lowest BCUT2D eigenvalue weighted by Crippen LogP contribution is -2.48. The summed E-state index contributed by atoms with van der Waals surface area (Å²) in [5.41, 5.74) is 2.60. The van der Waals surface area contributed by atoms with E-state index in [1.807, 2.05) is 11.0 Å². The van der Waals surface area contributed by atoms with Gasteiger partial charge in [-0.3, -0.25) is 9.69 Å². The quantitative estimate of drug-likeness (QED) is 0.543. The van der Waals surface area contributed by atoms with E-state index < -0.39 is 5.82 Å². The van der Waals surface area contributed by atoms with Crippen molar-refractivity contribution in [3.63, 3.8) is 0 Å². The first-order chi connectivity index (χ1) is 15.0. The molecule has 162 valence electrons. The molecular weight excluding hydrogens is 419 g/mol. The van der Waals surface area contributed by atoms with Crippen LogP contribution in [0.15, 0.2) is 59.0 Å². The van der Waals surface area contributed by atoms with Crippen LogP contribution >= 0.6 is 11.6 Å². The van der Waals surface area contributed by atoms with E-state index in [1.54, 1.807) is 12.1 Å². The number of nitrogens with zero attached hydrogens (tertiary/aromatic N) is 2. The monoisotopic (exact) mass is 442 g/mol. The Hall–Kier alpha value is -2.83. The molecule has 0 unspecified atom stereocenters. The molecule has 0 saturated carbocycles. The third-order valence-corrected chi connectivity index (χ3v) is 5.75. The van der Waals surface area contributed by atoms with E-state index in [4.69, 9.17) is 20.8 Å². The van der Waals surface area contributed by atoms with Crippen molar-refractivity contribution in [1.82, 2.24) is 9.80 Å². The summed E-state index contributed by atoms with van der Waals surface area (Å²) in [6.07, 6.45) is 0. The third kappa shape index (κ3) is 5.27. The van der Waals surface area contributed by atoms with E-state index in [1.165, 1.54) is 29.3 Å². The zero-order chi connectivity index (χ0) is 21.8. The second kappa shape index (κ2) is 9.54. The molecule has 0 spiro atoms. The number of hydrogen-bond donors (Lipinski definition) is 0. The summed E-state index contributed by atoms with van der Waals surface area (Å²) in [5, 5.41) is 0.187. The highest BCUT2D eigenvalue weighted by Gasteiger charge is 2.24. The van der Waals surface area contributed by atoms with Gasteiger partial charge in [-0.05, 0) is 48.4 Å². The highest BCUT2D eigenvalue weighted by atomic mass is 35.5. The molecule has 0 radical (unpaired) electrons. The van der Waals surface area contributed by atoms with Gasteiger partial charge in [0.25, 0.3) is 5.91 Å². The van der Waals surface area contributed by atoms with Crippen molar-refractivity contribution in [2.24, 2.45) is 0 Å². The van der Waals surface area contributed by atoms with Gasteiger partial charge < -0.3 is 14.1 Å². The van der Waals surface area contributed by atoms with Crippen LogP contribution in [0.2, 0.25) is 5.02 Å². The van der Waals surface area contributed by atoms with Crippen LogP contribution in [0.5, 0.6) is 5.75 Å². The highest BCUT2D eigenvalue weighted by Crippen LogP contribution is 2.26. The fourth-order valence-electron chi connectivity index (χ4n) is 3.60. The smallest absolute Gasteiger partial charge is 0.289 e. The molecule has 1 amide bonds. The summed E-state index contributed by atoms with van der Waals surface area (Å²) in [7, 11) is 0.